The Labute approximate surface area is 192 Å². The van der Waals surface area contributed by atoms with Gasteiger partial charge >= 0.3 is 6.03 Å². The number of amides is 2. The van der Waals surface area contributed by atoms with Crippen molar-refractivity contribution in [1.29, 1.82) is 0 Å². The van der Waals surface area contributed by atoms with Crippen molar-refractivity contribution in [3.63, 3.8) is 0 Å². The molecule has 2 amide bonds. The lowest BCUT2D eigenvalue weighted by molar-refractivity contribution is 0.0606. The molecule has 0 unspecified atom stereocenters. The van der Waals surface area contributed by atoms with Gasteiger partial charge in [0.15, 0.2) is 6.10 Å². The number of hydrogen-bond acceptors (Lipinski definition) is 4. The van der Waals surface area contributed by atoms with E-state index in [9.17, 15) is 9.18 Å². The molecule has 3 aromatic rings. The molecule has 7 heteroatoms. The fourth-order valence-corrected chi connectivity index (χ4v) is 3.68. The van der Waals surface area contributed by atoms with Crippen LogP contribution in [0.4, 0.5) is 14.9 Å². The first kappa shape index (κ1) is 22.3. The number of urea groups is 1. The van der Waals surface area contributed by atoms with Crippen LogP contribution < -0.4 is 10.1 Å². The van der Waals surface area contributed by atoms with Crippen molar-refractivity contribution < 1.29 is 18.8 Å². The number of halogens is 1. The smallest absolute Gasteiger partial charge is 0.322 e. The summed E-state index contributed by atoms with van der Waals surface area (Å²) in [6, 6.07) is 21.3. The SMILES string of the molecule is COc1ccccc1NC(=O)N(Cc1ccccc1F)C[C@H]1CC(c2ccc(C)cc2)=NO1. The molecule has 0 aliphatic carbocycles. The number of para-hydroxylation sites is 2. The lowest BCUT2D eigenvalue weighted by Crippen LogP contribution is -2.40. The number of hydrogen-bond donors (Lipinski definition) is 1. The number of benzene rings is 3. The van der Waals surface area contributed by atoms with Crippen LogP contribution in [0.3, 0.4) is 0 Å². The number of rotatable bonds is 7. The number of carbonyl (C=O) groups excluding carboxylic acids is 1. The summed E-state index contributed by atoms with van der Waals surface area (Å²) < 4.78 is 19.7. The summed E-state index contributed by atoms with van der Waals surface area (Å²) in [4.78, 5) is 20.4. The molecule has 1 aliphatic heterocycles. The van der Waals surface area contributed by atoms with E-state index in [-0.39, 0.29) is 31.0 Å². The van der Waals surface area contributed by atoms with Crippen LogP contribution in [0.25, 0.3) is 0 Å². The molecule has 0 aromatic heterocycles. The van der Waals surface area contributed by atoms with Gasteiger partial charge in [-0.1, -0.05) is 65.3 Å². The highest BCUT2D eigenvalue weighted by atomic mass is 19.1. The molecule has 0 fully saturated rings. The molecule has 0 bridgehead atoms. The van der Waals surface area contributed by atoms with Gasteiger partial charge < -0.3 is 19.8 Å². The Balaban J connectivity index is 1.50. The van der Waals surface area contributed by atoms with Gasteiger partial charge in [-0.3, -0.25) is 0 Å². The quantitative estimate of drug-likeness (QED) is 0.530. The zero-order chi connectivity index (χ0) is 23.2. The zero-order valence-electron chi connectivity index (χ0n) is 18.6. The van der Waals surface area contributed by atoms with Crippen molar-refractivity contribution in [2.45, 2.75) is 26.0 Å². The number of aryl methyl sites for hydroxylation is 1. The second kappa shape index (κ2) is 10.2. The van der Waals surface area contributed by atoms with Crippen LogP contribution in [-0.4, -0.2) is 36.4 Å². The second-order valence-corrected chi connectivity index (χ2v) is 7.94. The highest BCUT2D eigenvalue weighted by Crippen LogP contribution is 2.25. The summed E-state index contributed by atoms with van der Waals surface area (Å²) in [7, 11) is 1.54. The minimum absolute atomic E-state index is 0.0907. The minimum atomic E-state index is -0.380. The van der Waals surface area contributed by atoms with Gasteiger partial charge in [-0.25, -0.2) is 9.18 Å². The van der Waals surface area contributed by atoms with Gasteiger partial charge in [-0.15, -0.1) is 0 Å². The molecular formula is C26H26FN3O3. The average Bonchev–Trinajstić information content (AvgIpc) is 3.29. The lowest BCUT2D eigenvalue weighted by atomic mass is 10.0. The third-order valence-electron chi connectivity index (χ3n) is 5.50. The monoisotopic (exact) mass is 447 g/mol. The second-order valence-electron chi connectivity index (χ2n) is 7.94. The van der Waals surface area contributed by atoms with E-state index in [1.807, 2.05) is 37.3 Å². The molecule has 1 atom stereocenters. The number of ether oxygens (including phenoxy) is 1. The van der Waals surface area contributed by atoms with Crippen LogP contribution in [-0.2, 0) is 11.4 Å². The number of nitrogens with one attached hydrogen (secondary N) is 1. The molecular weight excluding hydrogens is 421 g/mol. The first-order valence-corrected chi connectivity index (χ1v) is 10.8. The van der Waals surface area contributed by atoms with E-state index in [4.69, 9.17) is 9.57 Å². The van der Waals surface area contributed by atoms with Crippen molar-refractivity contribution in [3.05, 3.63) is 95.3 Å². The number of carbonyl (C=O) groups is 1. The Morgan fingerprint density at radius 1 is 1.12 bits per heavy atom. The Morgan fingerprint density at radius 2 is 1.85 bits per heavy atom. The standard InChI is InChI=1S/C26H26FN3O3/c1-18-11-13-19(14-12-18)24-15-21(33-29-24)17-30(16-20-7-3-4-8-22(20)27)26(31)28-23-9-5-6-10-25(23)32-2/h3-14,21H,15-17H2,1-2H3,(H,28,31)/t21-/m1/s1. The van der Waals surface area contributed by atoms with Crippen molar-refractivity contribution >= 4 is 17.4 Å². The van der Waals surface area contributed by atoms with Crippen LogP contribution in [0.2, 0.25) is 0 Å². The van der Waals surface area contributed by atoms with Crippen LogP contribution in [0, 0.1) is 12.7 Å². The number of methoxy groups -OCH3 is 1. The molecule has 0 radical (unpaired) electrons. The largest absolute Gasteiger partial charge is 0.495 e. The summed E-state index contributed by atoms with van der Waals surface area (Å²) in [5.41, 5.74) is 3.94. The minimum Gasteiger partial charge on any atom is -0.495 e. The van der Waals surface area contributed by atoms with Crippen molar-refractivity contribution in [1.82, 2.24) is 4.90 Å². The maximum absolute atomic E-state index is 14.4. The van der Waals surface area contributed by atoms with Gasteiger partial charge in [0, 0.05) is 12.0 Å². The maximum Gasteiger partial charge on any atom is 0.322 e. The Morgan fingerprint density at radius 3 is 2.61 bits per heavy atom. The topological polar surface area (TPSA) is 63.2 Å². The van der Waals surface area contributed by atoms with E-state index in [0.717, 1.165) is 11.3 Å². The molecule has 0 saturated carbocycles. The molecule has 3 aromatic carbocycles. The van der Waals surface area contributed by atoms with Gasteiger partial charge in [0.25, 0.3) is 0 Å². The zero-order valence-corrected chi connectivity index (χ0v) is 18.6. The predicted molar refractivity (Wildman–Crippen MR) is 126 cm³/mol. The van der Waals surface area contributed by atoms with E-state index in [1.54, 1.807) is 43.5 Å². The predicted octanol–water partition coefficient (Wildman–Crippen LogP) is 5.37. The van der Waals surface area contributed by atoms with Gasteiger partial charge in [-0.05, 0) is 30.7 Å². The molecule has 1 N–H and O–H groups in total. The average molecular weight is 448 g/mol. The summed E-state index contributed by atoms with van der Waals surface area (Å²) >= 11 is 0. The van der Waals surface area contributed by atoms with Gasteiger partial charge in [0.2, 0.25) is 0 Å². The summed E-state index contributed by atoms with van der Waals surface area (Å²) in [5.74, 6) is 0.176. The fraction of sp³-hybridized carbons (Fsp3) is 0.231. The van der Waals surface area contributed by atoms with Crippen LogP contribution >= 0.6 is 0 Å². The molecule has 4 rings (SSSR count). The van der Waals surface area contributed by atoms with Crippen molar-refractivity contribution in [3.8, 4) is 5.75 Å². The van der Waals surface area contributed by atoms with Gasteiger partial charge in [0.05, 0.1) is 31.6 Å². The van der Waals surface area contributed by atoms with Gasteiger partial charge in [0.1, 0.15) is 11.6 Å². The number of anilines is 1. The van der Waals surface area contributed by atoms with E-state index >= 15 is 0 Å². The van der Waals surface area contributed by atoms with Crippen LogP contribution in [0.1, 0.15) is 23.1 Å². The normalized spacial score (nSPS) is 14.9. The highest BCUT2D eigenvalue weighted by Gasteiger charge is 2.27. The first-order valence-electron chi connectivity index (χ1n) is 10.8. The fourth-order valence-electron chi connectivity index (χ4n) is 3.68. The molecule has 33 heavy (non-hydrogen) atoms. The molecule has 1 heterocycles. The van der Waals surface area contributed by atoms with Crippen LogP contribution in [0.15, 0.2) is 78.0 Å². The summed E-state index contributed by atoms with van der Waals surface area (Å²) in [6.45, 7) is 2.36. The van der Waals surface area contributed by atoms with E-state index in [1.165, 1.54) is 16.5 Å². The molecule has 0 spiro atoms. The third kappa shape index (κ3) is 5.49. The van der Waals surface area contributed by atoms with E-state index < -0.39 is 0 Å². The van der Waals surface area contributed by atoms with Crippen molar-refractivity contribution in [2.75, 3.05) is 19.0 Å². The number of nitrogens with zero attached hydrogens (tertiary/aromatic N) is 2. The Kier molecular flexibility index (Phi) is 6.88. The van der Waals surface area contributed by atoms with E-state index in [0.29, 0.717) is 23.4 Å². The summed E-state index contributed by atoms with van der Waals surface area (Å²) in [5, 5.41) is 7.10. The Bertz CT molecular complexity index is 1150. The first-order chi connectivity index (χ1) is 16.0. The lowest BCUT2D eigenvalue weighted by Gasteiger charge is -2.26. The van der Waals surface area contributed by atoms with Crippen LogP contribution in [0.5, 0.6) is 5.75 Å². The van der Waals surface area contributed by atoms with E-state index in [2.05, 4.69) is 10.5 Å². The third-order valence-corrected chi connectivity index (χ3v) is 5.50. The molecule has 6 nitrogen and oxygen atoms in total. The van der Waals surface area contributed by atoms with Crippen molar-refractivity contribution in [2.24, 2.45) is 5.16 Å². The van der Waals surface area contributed by atoms with Gasteiger partial charge in [-0.2, -0.15) is 0 Å². The summed E-state index contributed by atoms with van der Waals surface area (Å²) in [6.07, 6.45) is 0.218. The molecule has 1 aliphatic rings. The highest BCUT2D eigenvalue weighted by molar-refractivity contribution is 6.01. The Hall–Kier alpha value is -3.87. The number of oxime groups is 1. The maximum atomic E-state index is 14.4. The molecule has 170 valence electrons. The molecule has 0 saturated heterocycles.